The molecule has 7 heteroatoms. The van der Waals surface area contributed by atoms with Crippen LogP contribution in [0, 0.1) is 0 Å². The van der Waals surface area contributed by atoms with Gasteiger partial charge >= 0.3 is 0 Å². The molecule has 94 valence electrons. The Bertz CT molecular complexity index is 619. The van der Waals surface area contributed by atoms with Crippen LogP contribution < -0.4 is 15.5 Å². The van der Waals surface area contributed by atoms with Gasteiger partial charge < -0.3 is 9.30 Å². The van der Waals surface area contributed by atoms with E-state index in [0.29, 0.717) is 5.13 Å². The number of pyridine rings is 1. The quantitative estimate of drug-likeness (QED) is 0.902. The van der Waals surface area contributed by atoms with Crippen molar-refractivity contribution < 1.29 is 9.53 Å². The zero-order valence-corrected chi connectivity index (χ0v) is 10.7. The predicted molar refractivity (Wildman–Crippen MR) is 68.3 cm³/mol. The number of hydrogen-bond donors (Lipinski definition) is 1. The van der Waals surface area contributed by atoms with E-state index in [-0.39, 0.29) is 22.8 Å². The Labute approximate surface area is 107 Å². The van der Waals surface area contributed by atoms with Gasteiger partial charge in [-0.1, -0.05) is 0 Å². The van der Waals surface area contributed by atoms with Crippen molar-refractivity contribution in [2.24, 2.45) is 7.05 Å². The second kappa shape index (κ2) is 5.01. The zero-order chi connectivity index (χ0) is 13.1. The maximum atomic E-state index is 11.9. The summed E-state index contributed by atoms with van der Waals surface area (Å²) in [7, 11) is 3.07. The first-order valence-corrected chi connectivity index (χ1v) is 5.95. The fourth-order valence-electron chi connectivity index (χ4n) is 1.43. The molecule has 0 unspecified atom stereocenters. The van der Waals surface area contributed by atoms with Gasteiger partial charge in [-0.15, -0.1) is 11.3 Å². The number of ether oxygens (including phenoxy) is 1. The molecule has 1 N–H and O–H groups in total. The van der Waals surface area contributed by atoms with Crippen LogP contribution in [0.5, 0.6) is 5.75 Å². The second-order valence-electron chi connectivity index (χ2n) is 3.49. The molecular weight excluding hydrogens is 254 g/mol. The third-order valence-electron chi connectivity index (χ3n) is 2.31. The Morgan fingerprint density at radius 2 is 2.33 bits per heavy atom. The van der Waals surface area contributed by atoms with Crippen molar-refractivity contribution in [1.29, 1.82) is 0 Å². The van der Waals surface area contributed by atoms with Gasteiger partial charge in [0.15, 0.2) is 10.9 Å². The maximum Gasteiger partial charge on any atom is 0.274 e. The van der Waals surface area contributed by atoms with Gasteiger partial charge in [-0.3, -0.25) is 14.9 Å². The summed E-state index contributed by atoms with van der Waals surface area (Å²) in [5.74, 6) is -0.185. The zero-order valence-electron chi connectivity index (χ0n) is 9.84. The van der Waals surface area contributed by atoms with Crippen molar-refractivity contribution in [3.8, 4) is 5.75 Å². The lowest BCUT2D eigenvalue weighted by atomic mass is 10.3. The van der Waals surface area contributed by atoms with Gasteiger partial charge in [0.2, 0.25) is 5.43 Å². The summed E-state index contributed by atoms with van der Waals surface area (Å²) in [5, 5.41) is 4.85. The Hall–Kier alpha value is -2.15. The average molecular weight is 265 g/mol. The normalized spacial score (nSPS) is 10.1. The van der Waals surface area contributed by atoms with E-state index in [1.807, 2.05) is 0 Å². The van der Waals surface area contributed by atoms with Crippen LogP contribution in [0.2, 0.25) is 0 Å². The van der Waals surface area contributed by atoms with E-state index in [2.05, 4.69) is 10.3 Å². The highest BCUT2D eigenvalue weighted by Gasteiger charge is 2.13. The van der Waals surface area contributed by atoms with Gasteiger partial charge in [-0.2, -0.15) is 0 Å². The van der Waals surface area contributed by atoms with E-state index in [0.717, 1.165) is 0 Å². The third-order valence-corrected chi connectivity index (χ3v) is 3.00. The minimum Gasteiger partial charge on any atom is -0.491 e. The molecule has 0 spiro atoms. The van der Waals surface area contributed by atoms with E-state index in [4.69, 9.17) is 4.74 Å². The van der Waals surface area contributed by atoms with E-state index >= 15 is 0 Å². The molecule has 0 atom stereocenters. The monoisotopic (exact) mass is 265 g/mol. The number of carbonyl (C=O) groups excluding carboxylic acids is 1. The molecule has 0 aromatic carbocycles. The van der Waals surface area contributed by atoms with Gasteiger partial charge in [0.05, 0.1) is 13.3 Å². The number of nitrogens with one attached hydrogen (secondary N) is 1. The van der Waals surface area contributed by atoms with Crippen molar-refractivity contribution in [3.05, 3.63) is 39.8 Å². The summed E-state index contributed by atoms with van der Waals surface area (Å²) >= 11 is 1.31. The Morgan fingerprint density at radius 3 is 2.94 bits per heavy atom. The highest BCUT2D eigenvalue weighted by atomic mass is 32.1. The highest BCUT2D eigenvalue weighted by molar-refractivity contribution is 7.13. The Kier molecular flexibility index (Phi) is 3.42. The summed E-state index contributed by atoms with van der Waals surface area (Å²) in [5.41, 5.74) is -0.0871. The summed E-state index contributed by atoms with van der Waals surface area (Å²) in [4.78, 5) is 27.5. The number of rotatable bonds is 3. The van der Waals surface area contributed by atoms with Gasteiger partial charge in [-0.05, 0) is 0 Å². The highest BCUT2D eigenvalue weighted by Crippen LogP contribution is 2.12. The Balaban J connectivity index is 2.31. The van der Waals surface area contributed by atoms with Gasteiger partial charge in [0, 0.05) is 24.7 Å². The fraction of sp³-hybridized carbons (Fsp3) is 0.182. The molecule has 18 heavy (non-hydrogen) atoms. The van der Waals surface area contributed by atoms with Crippen molar-refractivity contribution in [1.82, 2.24) is 9.55 Å². The van der Waals surface area contributed by atoms with Crippen molar-refractivity contribution >= 4 is 22.4 Å². The molecule has 0 saturated heterocycles. The van der Waals surface area contributed by atoms with Gasteiger partial charge in [-0.25, -0.2) is 4.98 Å². The molecule has 2 aromatic rings. The van der Waals surface area contributed by atoms with E-state index in [1.165, 1.54) is 35.3 Å². The molecular formula is C11H11N3O3S. The number of methoxy groups -OCH3 is 1. The lowest BCUT2D eigenvalue weighted by Gasteiger charge is -2.09. The molecule has 0 saturated carbocycles. The summed E-state index contributed by atoms with van der Waals surface area (Å²) in [6.07, 6.45) is 3.06. The molecule has 0 bridgehead atoms. The van der Waals surface area contributed by atoms with Crippen LogP contribution in [0.3, 0.4) is 0 Å². The number of carbonyl (C=O) groups is 1. The number of hydrogen-bond acceptors (Lipinski definition) is 5. The first-order valence-electron chi connectivity index (χ1n) is 5.07. The predicted octanol–water partition coefficient (Wildman–Crippen LogP) is 1.10. The molecule has 2 heterocycles. The number of nitrogens with zero attached hydrogens (tertiary/aromatic N) is 2. The largest absolute Gasteiger partial charge is 0.491 e. The molecule has 1 amide bonds. The van der Waals surface area contributed by atoms with Crippen molar-refractivity contribution in [2.45, 2.75) is 0 Å². The standard InChI is InChI=1S/C11H11N3O3S/c1-14-6-9(17-2)8(15)5-7(14)10(16)13-11-12-3-4-18-11/h3-6H,1-2H3,(H,12,13,16). The van der Waals surface area contributed by atoms with Crippen molar-refractivity contribution in [3.63, 3.8) is 0 Å². The lowest BCUT2D eigenvalue weighted by molar-refractivity contribution is 0.101. The van der Waals surface area contributed by atoms with Crippen LogP contribution in [0.25, 0.3) is 0 Å². The van der Waals surface area contributed by atoms with Crippen LogP contribution in [0.15, 0.2) is 28.6 Å². The van der Waals surface area contributed by atoms with Crippen LogP contribution in [-0.4, -0.2) is 22.6 Å². The van der Waals surface area contributed by atoms with E-state index < -0.39 is 0 Å². The lowest BCUT2D eigenvalue weighted by Crippen LogP contribution is -2.21. The smallest absolute Gasteiger partial charge is 0.274 e. The summed E-state index contributed by atoms with van der Waals surface area (Å²) in [6, 6.07) is 1.24. The van der Waals surface area contributed by atoms with E-state index in [1.54, 1.807) is 18.6 Å². The molecule has 0 aliphatic rings. The topological polar surface area (TPSA) is 73.2 Å². The SMILES string of the molecule is COc1cn(C)c(C(=O)Nc2nccs2)cc1=O. The number of amides is 1. The van der Waals surface area contributed by atoms with Crippen LogP contribution in [0.1, 0.15) is 10.5 Å². The summed E-state index contributed by atoms with van der Waals surface area (Å²) in [6.45, 7) is 0. The molecule has 2 aromatic heterocycles. The number of thiazole rings is 1. The van der Waals surface area contributed by atoms with Crippen LogP contribution in [0.4, 0.5) is 5.13 Å². The first-order chi connectivity index (χ1) is 8.61. The molecule has 2 rings (SSSR count). The third kappa shape index (κ3) is 2.40. The number of aromatic nitrogens is 2. The van der Waals surface area contributed by atoms with Crippen LogP contribution >= 0.6 is 11.3 Å². The molecule has 0 fully saturated rings. The number of aryl methyl sites for hydroxylation is 1. The summed E-state index contributed by atoms with van der Waals surface area (Å²) < 4.78 is 6.42. The average Bonchev–Trinajstić information content (AvgIpc) is 2.84. The maximum absolute atomic E-state index is 11.9. The minimum absolute atomic E-state index is 0.197. The second-order valence-corrected chi connectivity index (χ2v) is 4.39. The molecule has 0 aliphatic heterocycles. The minimum atomic E-state index is -0.382. The van der Waals surface area contributed by atoms with E-state index in [9.17, 15) is 9.59 Å². The molecule has 0 aliphatic carbocycles. The van der Waals surface area contributed by atoms with Gasteiger partial charge in [0.1, 0.15) is 5.69 Å². The van der Waals surface area contributed by atoms with Crippen molar-refractivity contribution in [2.75, 3.05) is 12.4 Å². The van der Waals surface area contributed by atoms with Gasteiger partial charge in [0.25, 0.3) is 5.91 Å². The molecule has 0 radical (unpaired) electrons. The Morgan fingerprint density at radius 1 is 1.56 bits per heavy atom. The number of anilines is 1. The van der Waals surface area contributed by atoms with Crippen LogP contribution in [-0.2, 0) is 7.05 Å². The first kappa shape index (κ1) is 12.3. The molecule has 6 nitrogen and oxygen atoms in total. The fourth-order valence-corrected chi connectivity index (χ4v) is 1.96.